The summed E-state index contributed by atoms with van der Waals surface area (Å²) >= 11 is 0. The fourth-order valence-corrected chi connectivity index (χ4v) is 2.80. The van der Waals surface area contributed by atoms with E-state index in [1.807, 2.05) is 19.9 Å². The maximum absolute atomic E-state index is 11.2. The highest BCUT2D eigenvalue weighted by molar-refractivity contribution is 5.81. The average Bonchev–Trinajstić information content (AvgIpc) is 2.73. The van der Waals surface area contributed by atoms with Gasteiger partial charge < -0.3 is 14.3 Å². The summed E-state index contributed by atoms with van der Waals surface area (Å²) in [6.07, 6.45) is 0. The fourth-order valence-electron chi connectivity index (χ4n) is 2.80. The lowest BCUT2D eigenvalue weighted by Gasteiger charge is -1.97. The molecule has 1 heterocycles. The second kappa shape index (κ2) is 3.73. The molecule has 1 saturated carbocycles. The van der Waals surface area contributed by atoms with E-state index in [9.17, 15) is 9.90 Å². The van der Waals surface area contributed by atoms with Crippen LogP contribution in [0.1, 0.15) is 25.7 Å². The molecule has 1 aromatic heterocycles. The van der Waals surface area contributed by atoms with Crippen molar-refractivity contribution in [3.63, 3.8) is 0 Å². The second-order valence-electron chi connectivity index (χ2n) is 5.47. The zero-order valence-electron chi connectivity index (χ0n) is 11.0. The molecule has 5 heteroatoms. The molecule has 3 rings (SSSR count). The Hall–Kier alpha value is -2.04. The minimum atomic E-state index is -0.802. The van der Waals surface area contributed by atoms with E-state index in [-0.39, 0.29) is 11.3 Å². The van der Waals surface area contributed by atoms with Crippen LogP contribution in [0.2, 0.25) is 0 Å². The average molecular weight is 261 g/mol. The Morgan fingerprint density at radius 3 is 2.79 bits per heavy atom. The number of carboxylic acid groups (broad SMARTS) is 1. The number of para-hydroxylation sites is 1. The third-order valence-corrected chi connectivity index (χ3v) is 3.98. The smallest absolute Gasteiger partial charge is 0.307 e. The van der Waals surface area contributed by atoms with E-state index < -0.39 is 11.9 Å². The number of hydrogen-bond donors (Lipinski definition) is 1. The molecule has 2 aromatic rings. The highest BCUT2D eigenvalue weighted by Crippen LogP contribution is 2.64. The summed E-state index contributed by atoms with van der Waals surface area (Å²) in [7, 11) is 1.57. The number of aromatic nitrogens is 1. The second-order valence-corrected chi connectivity index (χ2v) is 5.47. The molecule has 2 unspecified atom stereocenters. The Balaban J connectivity index is 2.06. The third-order valence-electron chi connectivity index (χ3n) is 3.98. The number of hydrogen-bond acceptors (Lipinski definition) is 4. The van der Waals surface area contributed by atoms with Crippen LogP contribution in [0.25, 0.3) is 11.1 Å². The molecule has 100 valence electrons. The summed E-state index contributed by atoms with van der Waals surface area (Å²) in [4.78, 5) is 15.6. The molecule has 1 aliphatic rings. The van der Waals surface area contributed by atoms with Gasteiger partial charge in [-0.25, -0.2) is 4.98 Å². The standard InChI is InChI=1S/C14H15NO4/c1-14(2)9(10(14)13(16)17)12-15-11-7(18-3)5-4-6-8(11)19-12/h4-6,9-10H,1-3H3,(H,16,17). The number of benzene rings is 1. The number of nitrogens with zero attached hydrogens (tertiary/aromatic N) is 1. The van der Waals surface area contributed by atoms with E-state index >= 15 is 0 Å². The lowest BCUT2D eigenvalue weighted by molar-refractivity contribution is -0.139. The molecular formula is C14H15NO4. The fraction of sp³-hybridized carbons (Fsp3) is 0.429. The van der Waals surface area contributed by atoms with Gasteiger partial charge >= 0.3 is 5.97 Å². The van der Waals surface area contributed by atoms with Crippen molar-refractivity contribution in [2.75, 3.05) is 7.11 Å². The van der Waals surface area contributed by atoms with Crippen molar-refractivity contribution in [1.82, 2.24) is 4.98 Å². The zero-order valence-corrected chi connectivity index (χ0v) is 11.0. The number of oxazole rings is 1. The van der Waals surface area contributed by atoms with Gasteiger partial charge in [0.05, 0.1) is 18.9 Å². The molecule has 1 N–H and O–H groups in total. The Bertz CT molecular complexity index is 659. The Morgan fingerprint density at radius 1 is 1.47 bits per heavy atom. The van der Waals surface area contributed by atoms with Crippen molar-refractivity contribution < 1.29 is 19.1 Å². The van der Waals surface area contributed by atoms with Gasteiger partial charge in [-0.2, -0.15) is 0 Å². The van der Waals surface area contributed by atoms with E-state index in [1.165, 1.54) is 0 Å². The molecule has 0 bridgehead atoms. The molecule has 5 nitrogen and oxygen atoms in total. The summed E-state index contributed by atoms with van der Waals surface area (Å²) in [6.45, 7) is 3.84. The Labute approximate surface area is 110 Å². The maximum Gasteiger partial charge on any atom is 0.307 e. The van der Waals surface area contributed by atoms with Crippen LogP contribution in [0.3, 0.4) is 0 Å². The number of carbonyl (C=O) groups is 1. The summed E-state index contributed by atoms with van der Waals surface area (Å²) in [6, 6.07) is 5.43. The number of carboxylic acids is 1. The van der Waals surface area contributed by atoms with Crippen LogP contribution < -0.4 is 4.74 Å². The number of methoxy groups -OCH3 is 1. The first-order valence-electron chi connectivity index (χ1n) is 6.13. The van der Waals surface area contributed by atoms with Gasteiger partial charge in [-0.15, -0.1) is 0 Å². The van der Waals surface area contributed by atoms with Crippen LogP contribution in [-0.4, -0.2) is 23.2 Å². The Morgan fingerprint density at radius 2 is 2.21 bits per heavy atom. The lowest BCUT2D eigenvalue weighted by atomic mass is 10.1. The molecule has 1 aliphatic carbocycles. The number of ether oxygens (including phenoxy) is 1. The summed E-state index contributed by atoms with van der Waals surface area (Å²) < 4.78 is 10.9. The predicted octanol–water partition coefficient (Wildman–Crippen LogP) is 2.66. The first-order valence-corrected chi connectivity index (χ1v) is 6.13. The molecule has 0 aliphatic heterocycles. The van der Waals surface area contributed by atoms with Gasteiger partial charge in [0.1, 0.15) is 5.75 Å². The third kappa shape index (κ3) is 1.61. The molecule has 1 fully saturated rings. The van der Waals surface area contributed by atoms with Crippen LogP contribution in [0, 0.1) is 11.3 Å². The van der Waals surface area contributed by atoms with Crippen LogP contribution in [0.4, 0.5) is 0 Å². The van der Waals surface area contributed by atoms with Gasteiger partial charge in [-0.05, 0) is 17.5 Å². The van der Waals surface area contributed by atoms with Crippen molar-refractivity contribution in [1.29, 1.82) is 0 Å². The summed E-state index contributed by atoms with van der Waals surface area (Å²) in [5.41, 5.74) is 0.952. The SMILES string of the molecule is COc1cccc2oc(C3C(C(=O)O)C3(C)C)nc12. The Kier molecular flexibility index (Phi) is 2.36. The van der Waals surface area contributed by atoms with Crippen molar-refractivity contribution in [3.8, 4) is 5.75 Å². The molecule has 0 saturated heterocycles. The van der Waals surface area contributed by atoms with Gasteiger partial charge in [0, 0.05) is 0 Å². The van der Waals surface area contributed by atoms with Crippen LogP contribution in [0.5, 0.6) is 5.75 Å². The number of fused-ring (bicyclic) bond motifs is 1. The van der Waals surface area contributed by atoms with Crippen LogP contribution >= 0.6 is 0 Å². The topological polar surface area (TPSA) is 72.6 Å². The van der Waals surface area contributed by atoms with Gasteiger partial charge in [0.15, 0.2) is 17.0 Å². The van der Waals surface area contributed by atoms with E-state index in [4.69, 9.17) is 9.15 Å². The molecule has 0 spiro atoms. The van der Waals surface area contributed by atoms with E-state index in [2.05, 4.69) is 4.98 Å². The minimum Gasteiger partial charge on any atom is -0.494 e. The van der Waals surface area contributed by atoms with Crippen molar-refractivity contribution >= 4 is 17.1 Å². The van der Waals surface area contributed by atoms with Crippen LogP contribution in [0.15, 0.2) is 22.6 Å². The molecule has 0 amide bonds. The molecule has 2 atom stereocenters. The lowest BCUT2D eigenvalue weighted by Crippen LogP contribution is -2.03. The van der Waals surface area contributed by atoms with Gasteiger partial charge in [0.25, 0.3) is 0 Å². The van der Waals surface area contributed by atoms with Gasteiger partial charge in [-0.1, -0.05) is 19.9 Å². The van der Waals surface area contributed by atoms with E-state index in [0.29, 0.717) is 22.7 Å². The van der Waals surface area contributed by atoms with E-state index in [1.54, 1.807) is 19.2 Å². The van der Waals surface area contributed by atoms with Gasteiger partial charge in [0.2, 0.25) is 0 Å². The molecular weight excluding hydrogens is 246 g/mol. The normalized spacial score (nSPS) is 24.4. The number of aliphatic carboxylic acids is 1. The van der Waals surface area contributed by atoms with Crippen molar-refractivity contribution in [3.05, 3.63) is 24.1 Å². The van der Waals surface area contributed by atoms with E-state index in [0.717, 1.165) is 0 Å². The first kappa shape index (κ1) is 12.0. The predicted molar refractivity (Wildman–Crippen MR) is 68.2 cm³/mol. The van der Waals surface area contributed by atoms with Crippen molar-refractivity contribution in [2.24, 2.45) is 11.3 Å². The monoisotopic (exact) mass is 261 g/mol. The summed E-state index contributed by atoms with van der Waals surface area (Å²) in [5.74, 6) is -0.299. The molecule has 0 radical (unpaired) electrons. The maximum atomic E-state index is 11.2. The molecule has 1 aromatic carbocycles. The summed E-state index contributed by atoms with van der Waals surface area (Å²) in [5, 5.41) is 9.20. The minimum absolute atomic E-state index is 0.179. The highest BCUT2D eigenvalue weighted by Gasteiger charge is 2.65. The van der Waals surface area contributed by atoms with Crippen LogP contribution in [-0.2, 0) is 4.79 Å². The largest absolute Gasteiger partial charge is 0.494 e. The van der Waals surface area contributed by atoms with Crippen molar-refractivity contribution in [2.45, 2.75) is 19.8 Å². The highest BCUT2D eigenvalue weighted by atomic mass is 16.5. The first-order chi connectivity index (χ1) is 8.96. The molecule has 19 heavy (non-hydrogen) atoms. The zero-order chi connectivity index (χ0) is 13.8. The van der Waals surface area contributed by atoms with Gasteiger partial charge in [-0.3, -0.25) is 4.79 Å². The number of rotatable bonds is 3. The quantitative estimate of drug-likeness (QED) is 0.919.